The summed E-state index contributed by atoms with van der Waals surface area (Å²) in [6.07, 6.45) is 11.2. The summed E-state index contributed by atoms with van der Waals surface area (Å²) in [6.45, 7) is 7.60. The SMILES string of the molecule is COCCC(=O)[C@H]1CC[C@H]2[C@@H]3CCC4CC(C)(O)CC[C@]4(C)[C@H]3CC[C@]12C. The summed E-state index contributed by atoms with van der Waals surface area (Å²) in [5, 5.41) is 10.6. The number of fused-ring (bicyclic) bond motifs is 5. The molecule has 1 N–H and O–H groups in total. The van der Waals surface area contributed by atoms with Crippen molar-refractivity contribution in [2.45, 2.75) is 90.6 Å². The third-order valence-electron chi connectivity index (χ3n) is 9.89. The zero-order valence-electron chi connectivity index (χ0n) is 17.9. The maximum atomic E-state index is 12.9. The Morgan fingerprint density at radius 1 is 0.963 bits per heavy atom. The van der Waals surface area contributed by atoms with Gasteiger partial charge in [-0.1, -0.05) is 13.8 Å². The first-order valence-corrected chi connectivity index (χ1v) is 11.5. The van der Waals surface area contributed by atoms with Crippen LogP contribution in [0.1, 0.15) is 85.0 Å². The number of carbonyl (C=O) groups is 1. The minimum absolute atomic E-state index is 0.218. The van der Waals surface area contributed by atoms with Crippen LogP contribution in [0.15, 0.2) is 0 Å². The van der Waals surface area contributed by atoms with Gasteiger partial charge in [0.1, 0.15) is 5.78 Å². The highest BCUT2D eigenvalue weighted by molar-refractivity contribution is 5.82. The fourth-order valence-corrected chi connectivity index (χ4v) is 8.34. The smallest absolute Gasteiger partial charge is 0.138 e. The molecule has 154 valence electrons. The monoisotopic (exact) mass is 376 g/mol. The van der Waals surface area contributed by atoms with E-state index in [1.807, 2.05) is 6.92 Å². The first-order valence-electron chi connectivity index (χ1n) is 11.5. The van der Waals surface area contributed by atoms with Gasteiger partial charge in [0.2, 0.25) is 0 Å². The van der Waals surface area contributed by atoms with Gasteiger partial charge in [0.25, 0.3) is 0 Å². The number of carbonyl (C=O) groups excluding carboxylic acids is 1. The number of hydrogen-bond acceptors (Lipinski definition) is 3. The van der Waals surface area contributed by atoms with Gasteiger partial charge in [0.05, 0.1) is 12.2 Å². The van der Waals surface area contributed by atoms with E-state index in [1.165, 1.54) is 38.5 Å². The minimum Gasteiger partial charge on any atom is -0.390 e. The summed E-state index contributed by atoms with van der Waals surface area (Å²) in [4.78, 5) is 12.9. The van der Waals surface area contributed by atoms with Crippen molar-refractivity contribution in [3.05, 3.63) is 0 Å². The molecule has 4 saturated carbocycles. The molecule has 4 rings (SSSR count). The van der Waals surface area contributed by atoms with E-state index in [9.17, 15) is 9.90 Å². The normalized spacial score (nSPS) is 52.0. The van der Waals surface area contributed by atoms with Gasteiger partial charge < -0.3 is 9.84 Å². The lowest BCUT2D eigenvalue weighted by Gasteiger charge is -2.61. The second kappa shape index (κ2) is 6.83. The maximum absolute atomic E-state index is 12.9. The molecule has 0 radical (unpaired) electrons. The fraction of sp³-hybridized carbons (Fsp3) is 0.958. The van der Waals surface area contributed by atoms with Gasteiger partial charge in [-0.25, -0.2) is 0 Å². The second-order valence-corrected chi connectivity index (χ2v) is 11.2. The van der Waals surface area contributed by atoms with E-state index in [-0.39, 0.29) is 11.3 Å². The zero-order chi connectivity index (χ0) is 19.4. The molecule has 4 aliphatic rings. The van der Waals surface area contributed by atoms with Crippen LogP contribution in [0.5, 0.6) is 0 Å². The molecule has 8 atom stereocenters. The Labute approximate surface area is 165 Å². The number of hydrogen-bond donors (Lipinski definition) is 1. The van der Waals surface area contributed by atoms with Crippen LogP contribution in [0.4, 0.5) is 0 Å². The second-order valence-electron chi connectivity index (χ2n) is 11.2. The van der Waals surface area contributed by atoms with Gasteiger partial charge in [-0.2, -0.15) is 0 Å². The van der Waals surface area contributed by atoms with Crippen molar-refractivity contribution in [2.24, 2.45) is 40.4 Å². The lowest BCUT2D eigenvalue weighted by molar-refractivity contribution is -0.151. The van der Waals surface area contributed by atoms with Gasteiger partial charge in [0, 0.05) is 19.4 Å². The molecule has 0 bridgehead atoms. The van der Waals surface area contributed by atoms with Crippen LogP contribution in [-0.2, 0) is 9.53 Å². The van der Waals surface area contributed by atoms with Crippen LogP contribution in [0.2, 0.25) is 0 Å². The summed E-state index contributed by atoms with van der Waals surface area (Å²) in [5.41, 5.74) is 0.173. The molecule has 3 heteroatoms. The van der Waals surface area contributed by atoms with Gasteiger partial charge in [-0.05, 0) is 99.2 Å². The molecule has 27 heavy (non-hydrogen) atoms. The number of Topliss-reactive ketones (excluding diaryl/α,β-unsaturated/α-hetero) is 1. The molecule has 4 aliphatic carbocycles. The Morgan fingerprint density at radius 3 is 2.44 bits per heavy atom. The molecule has 0 amide bonds. The molecule has 0 saturated heterocycles. The minimum atomic E-state index is -0.452. The molecule has 4 fully saturated rings. The summed E-state index contributed by atoms with van der Waals surface area (Å²) in [5.74, 6) is 3.73. The van der Waals surface area contributed by atoms with Crippen molar-refractivity contribution in [3.63, 3.8) is 0 Å². The highest BCUT2D eigenvalue weighted by Crippen LogP contribution is 2.68. The lowest BCUT2D eigenvalue weighted by Crippen LogP contribution is -2.55. The molecular weight excluding hydrogens is 336 g/mol. The van der Waals surface area contributed by atoms with Crippen molar-refractivity contribution in [1.29, 1.82) is 0 Å². The quantitative estimate of drug-likeness (QED) is 0.751. The fourth-order valence-electron chi connectivity index (χ4n) is 8.34. The van der Waals surface area contributed by atoms with Crippen molar-refractivity contribution in [1.82, 2.24) is 0 Å². The molecular formula is C24H40O3. The third kappa shape index (κ3) is 3.12. The molecule has 0 aromatic rings. The standard InChI is InChI=1S/C24H40O3/c1-22(26)12-13-23(2)16(15-22)5-6-17-18-7-8-20(21(25)10-14-27-4)24(18,3)11-9-19(17)23/h16-20,26H,5-15H2,1-4H3/t16?,17-,18-,19-,20+,22?,23-,24-/m0/s1. The van der Waals surface area contributed by atoms with E-state index < -0.39 is 5.60 Å². The zero-order valence-corrected chi connectivity index (χ0v) is 17.9. The summed E-state index contributed by atoms with van der Waals surface area (Å²) < 4.78 is 5.17. The first-order chi connectivity index (χ1) is 12.7. The Morgan fingerprint density at radius 2 is 1.70 bits per heavy atom. The Bertz CT molecular complexity index is 584. The third-order valence-corrected chi connectivity index (χ3v) is 9.89. The van der Waals surface area contributed by atoms with E-state index in [0.29, 0.717) is 30.1 Å². The van der Waals surface area contributed by atoms with Crippen molar-refractivity contribution >= 4 is 5.78 Å². The highest BCUT2D eigenvalue weighted by atomic mass is 16.5. The average molecular weight is 377 g/mol. The Hall–Kier alpha value is -0.410. The Balaban J connectivity index is 1.53. The van der Waals surface area contributed by atoms with E-state index in [2.05, 4.69) is 13.8 Å². The molecule has 0 aromatic heterocycles. The Kier molecular flexibility index (Phi) is 5.03. The highest BCUT2D eigenvalue weighted by Gasteiger charge is 2.61. The summed E-state index contributed by atoms with van der Waals surface area (Å²) in [7, 11) is 1.69. The van der Waals surface area contributed by atoms with Crippen molar-refractivity contribution in [2.75, 3.05) is 13.7 Å². The molecule has 3 nitrogen and oxygen atoms in total. The van der Waals surface area contributed by atoms with Crippen molar-refractivity contribution < 1.29 is 14.6 Å². The average Bonchev–Trinajstić information content (AvgIpc) is 2.97. The summed E-state index contributed by atoms with van der Waals surface area (Å²) in [6, 6.07) is 0. The van der Waals surface area contributed by atoms with Gasteiger partial charge in [-0.3, -0.25) is 4.79 Å². The number of ketones is 1. The summed E-state index contributed by atoms with van der Waals surface area (Å²) >= 11 is 0. The van der Waals surface area contributed by atoms with Crippen LogP contribution >= 0.6 is 0 Å². The first kappa shape index (κ1) is 19.9. The maximum Gasteiger partial charge on any atom is 0.138 e. The van der Waals surface area contributed by atoms with Crippen LogP contribution in [0, 0.1) is 40.4 Å². The van der Waals surface area contributed by atoms with E-state index in [4.69, 9.17) is 4.74 Å². The predicted molar refractivity (Wildman–Crippen MR) is 107 cm³/mol. The predicted octanol–water partition coefficient (Wildman–Crippen LogP) is 5.00. The van der Waals surface area contributed by atoms with Crippen LogP contribution in [-0.4, -0.2) is 30.2 Å². The topological polar surface area (TPSA) is 46.5 Å². The lowest BCUT2D eigenvalue weighted by atomic mass is 9.44. The van der Waals surface area contributed by atoms with E-state index >= 15 is 0 Å². The molecule has 0 aliphatic heterocycles. The molecule has 2 unspecified atom stereocenters. The van der Waals surface area contributed by atoms with Crippen LogP contribution in [0.3, 0.4) is 0 Å². The number of aliphatic hydroxyl groups is 1. The van der Waals surface area contributed by atoms with E-state index in [0.717, 1.165) is 37.0 Å². The van der Waals surface area contributed by atoms with Gasteiger partial charge in [-0.15, -0.1) is 0 Å². The van der Waals surface area contributed by atoms with Crippen molar-refractivity contribution in [3.8, 4) is 0 Å². The van der Waals surface area contributed by atoms with Gasteiger partial charge in [0.15, 0.2) is 0 Å². The molecule has 0 spiro atoms. The van der Waals surface area contributed by atoms with Gasteiger partial charge >= 0.3 is 0 Å². The largest absolute Gasteiger partial charge is 0.390 e. The van der Waals surface area contributed by atoms with Crippen LogP contribution < -0.4 is 0 Å². The number of rotatable bonds is 4. The molecule has 0 heterocycles. The number of ether oxygens (including phenoxy) is 1. The number of methoxy groups -OCH3 is 1. The molecule has 0 aromatic carbocycles. The van der Waals surface area contributed by atoms with E-state index in [1.54, 1.807) is 7.11 Å². The van der Waals surface area contributed by atoms with Crippen LogP contribution in [0.25, 0.3) is 0 Å².